The zero-order valence-electron chi connectivity index (χ0n) is 13.0. The third-order valence-electron chi connectivity index (χ3n) is 3.67. The molecule has 1 aromatic carbocycles. The summed E-state index contributed by atoms with van der Waals surface area (Å²) in [6.45, 7) is 1.94. The molecule has 0 unspecified atom stereocenters. The summed E-state index contributed by atoms with van der Waals surface area (Å²) in [4.78, 5) is 26.1. The molecule has 6 nitrogen and oxygen atoms in total. The number of anilines is 2. The standard InChI is InChI=1S/C17H15N3O3S/c1-11-17(22)20(13-4-2-3-5-14(13)23-11)8-6-15(21)19-16-12(10-18)7-9-24-16/h2-5,7,9,11H,6,8H2,1H3,(H,19,21)/t11-/m1/s1. The van der Waals surface area contributed by atoms with Crippen LogP contribution in [0.4, 0.5) is 10.7 Å². The summed E-state index contributed by atoms with van der Waals surface area (Å²) in [6, 6.07) is 10.9. The largest absolute Gasteiger partial charge is 0.479 e. The summed E-state index contributed by atoms with van der Waals surface area (Å²) in [6.07, 6.45) is -0.444. The van der Waals surface area contributed by atoms with Gasteiger partial charge in [-0.05, 0) is 30.5 Å². The maximum absolute atomic E-state index is 12.3. The van der Waals surface area contributed by atoms with Gasteiger partial charge in [0.2, 0.25) is 5.91 Å². The molecule has 1 aliphatic rings. The van der Waals surface area contributed by atoms with Crippen molar-refractivity contribution in [2.75, 3.05) is 16.8 Å². The van der Waals surface area contributed by atoms with Crippen LogP contribution in [0.25, 0.3) is 0 Å². The predicted molar refractivity (Wildman–Crippen MR) is 91.2 cm³/mol. The van der Waals surface area contributed by atoms with Gasteiger partial charge in [0.25, 0.3) is 5.91 Å². The third-order valence-corrected chi connectivity index (χ3v) is 4.50. The number of fused-ring (bicyclic) bond motifs is 1. The molecule has 2 aromatic rings. The van der Waals surface area contributed by atoms with E-state index >= 15 is 0 Å². The first kappa shape index (κ1) is 16.0. The molecule has 1 N–H and O–H groups in total. The lowest BCUT2D eigenvalue weighted by molar-refractivity contribution is -0.125. The second-order valence-corrected chi connectivity index (χ2v) is 6.21. The number of amides is 2. The monoisotopic (exact) mass is 341 g/mol. The minimum Gasteiger partial charge on any atom is -0.479 e. The van der Waals surface area contributed by atoms with Crippen molar-refractivity contribution in [3.05, 3.63) is 41.3 Å². The zero-order valence-corrected chi connectivity index (χ0v) is 13.8. The number of rotatable bonds is 4. The molecule has 0 bridgehead atoms. The van der Waals surface area contributed by atoms with E-state index in [1.54, 1.807) is 35.4 Å². The minimum atomic E-state index is -0.578. The van der Waals surface area contributed by atoms with Crippen LogP contribution in [0.1, 0.15) is 18.9 Å². The van der Waals surface area contributed by atoms with Crippen LogP contribution in [0.3, 0.4) is 0 Å². The molecule has 0 spiro atoms. The summed E-state index contributed by atoms with van der Waals surface area (Å²) in [5, 5.41) is 14.0. The fourth-order valence-electron chi connectivity index (χ4n) is 2.49. The van der Waals surface area contributed by atoms with E-state index in [0.29, 0.717) is 22.0 Å². The van der Waals surface area contributed by atoms with Crippen molar-refractivity contribution in [2.45, 2.75) is 19.4 Å². The molecule has 0 radical (unpaired) electrons. The van der Waals surface area contributed by atoms with Crippen molar-refractivity contribution >= 4 is 33.8 Å². The number of thiophene rings is 1. The topological polar surface area (TPSA) is 82.4 Å². The summed E-state index contributed by atoms with van der Waals surface area (Å²) in [5.41, 5.74) is 1.11. The number of hydrogen-bond acceptors (Lipinski definition) is 5. The van der Waals surface area contributed by atoms with Crippen molar-refractivity contribution < 1.29 is 14.3 Å². The molecule has 3 rings (SSSR count). The van der Waals surface area contributed by atoms with E-state index in [0.717, 1.165) is 0 Å². The number of nitrogens with one attached hydrogen (secondary N) is 1. The SMILES string of the molecule is C[C@H]1Oc2ccccc2N(CCC(=O)Nc2sccc2C#N)C1=O. The normalized spacial score (nSPS) is 16.1. The Morgan fingerprint density at radius 3 is 3.00 bits per heavy atom. The smallest absolute Gasteiger partial charge is 0.267 e. The number of nitrogens with zero attached hydrogens (tertiary/aromatic N) is 2. The number of benzene rings is 1. The van der Waals surface area contributed by atoms with Crippen LogP contribution in [0.15, 0.2) is 35.7 Å². The summed E-state index contributed by atoms with van der Waals surface area (Å²) in [7, 11) is 0. The first-order valence-electron chi connectivity index (χ1n) is 7.44. The summed E-state index contributed by atoms with van der Waals surface area (Å²) >= 11 is 1.30. The second-order valence-electron chi connectivity index (χ2n) is 5.29. The van der Waals surface area contributed by atoms with E-state index in [1.807, 2.05) is 18.2 Å². The highest BCUT2D eigenvalue weighted by Gasteiger charge is 2.31. The lowest BCUT2D eigenvalue weighted by Crippen LogP contribution is -2.45. The van der Waals surface area contributed by atoms with E-state index in [-0.39, 0.29) is 24.8 Å². The van der Waals surface area contributed by atoms with Crippen molar-refractivity contribution in [3.8, 4) is 11.8 Å². The number of hydrogen-bond donors (Lipinski definition) is 1. The lowest BCUT2D eigenvalue weighted by atomic mass is 10.1. The molecule has 2 heterocycles. The highest BCUT2D eigenvalue weighted by molar-refractivity contribution is 7.14. The summed E-state index contributed by atoms with van der Waals surface area (Å²) in [5.74, 6) is 0.226. The van der Waals surface area contributed by atoms with E-state index in [2.05, 4.69) is 5.32 Å². The van der Waals surface area contributed by atoms with Gasteiger partial charge >= 0.3 is 0 Å². The van der Waals surface area contributed by atoms with E-state index in [1.165, 1.54) is 11.3 Å². The molecule has 0 aliphatic carbocycles. The number of para-hydroxylation sites is 2. The maximum atomic E-state index is 12.3. The van der Waals surface area contributed by atoms with E-state index in [4.69, 9.17) is 10.00 Å². The molecule has 122 valence electrons. The first-order chi connectivity index (χ1) is 11.6. The van der Waals surface area contributed by atoms with Gasteiger partial charge in [-0.15, -0.1) is 11.3 Å². The Morgan fingerprint density at radius 1 is 1.42 bits per heavy atom. The van der Waals surface area contributed by atoms with Crippen molar-refractivity contribution in [2.24, 2.45) is 0 Å². The molecular weight excluding hydrogens is 326 g/mol. The van der Waals surface area contributed by atoms with Crippen molar-refractivity contribution in [1.82, 2.24) is 0 Å². The number of carbonyl (C=O) groups is 2. The predicted octanol–water partition coefficient (Wildman–Crippen LogP) is 2.76. The Labute approximate surface area is 143 Å². The fraction of sp³-hybridized carbons (Fsp3) is 0.235. The highest BCUT2D eigenvalue weighted by atomic mass is 32.1. The molecule has 7 heteroatoms. The van der Waals surface area contributed by atoms with Gasteiger partial charge in [-0.25, -0.2) is 0 Å². The highest BCUT2D eigenvalue weighted by Crippen LogP contribution is 2.33. The average molecular weight is 341 g/mol. The van der Waals surface area contributed by atoms with Gasteiger partial charge in [-0.3, -0.25) is 9.59 Å². The van der Waals surface area contributed by atoms with Gasteiger partial charge in [0.15, 0.2) is 6.10 Å². The molecule has 1 atom stereocenters. The van der Waals surface area contributed by atoms with Gasteiger partial charge in [0, 0.05) is 13.0 Å². The Balaban J connectivity index is 1.69. The average Bonchev–Trinajstić information content (AvgIpc) is 3.02. The minimum absolute atomic E-state index is 0.134. The van der Waals surface area contributed by atoms with Crippen LogP contribution >= 0.6 is 11.3 Å². The Bertz CT molecular complexity index is 824. The number of nitriles is 1. The van der Waals surface area contributed by atoms with Crippen LogP contribution in [0, 0.1) is 11.3 Å². The summed E-state index contributed by atoms with van der Waals surface area (Å²) < 4.78 is 5.57. The quantitative estimate of drug-likeness (QED) is 0.927. The maximum Gasteiger partial charge on any atom is 0.267 e. The van der Waals surface area contributed by atoms with Crippen LogP contribution in [0.5, 0.6) is 5.75 Å². The van der Waals surface area contributed by atoms with Gasteiger partial charge in [0.1, 0.15) is 16.8 Å². The van der Waals surface area contributed by atoms with Crippen molar-refractivity contribution in [1.29, 1.82) is 5.26 Å². The number of carbonyl (C=O) groups excluding carboxylic acids is 2. The van der Waals surface area contributed by atoms with Gasteiger partial charge < -0.3 is 15.0 Å². The molecule has 0 saturated carbocycles. The molecule has 0 saturated heterocycles. The van der Waals surface area contributed by atoms with E-state index in [9.17, 15) is 9.59 Å². The van der Waals surface area contributed by atoms with Crippen LogP contribution < -0.4 is 15.0 Å². The Morgan fingerprint density at radius 2 is 2.21 bits per heavy atom. The zero-order chi connectivity index (χ0) is 17.1. The van der Waals surface area contributed by atoms with Gasteiger partial charge in [-0.1, -0.05) is 12.1 Å². The molecule has 24 heavy (non-hydrogen) atoms. The van der Waals surface area contributed by atoms with E-state index < -0.39 is 6.10 Å². The van der Waals surface area contributed by atoms with Crippen molar-refractivity contribution in [3.63, 3.8) is 0 Å². The lowest BCUT2D eigenvalue weighted by Gasteiger charge is -2.32. The van der Waals surface area contributed by atoms with Crippen LogP contribution in [-0.2, 0) is 9.59 Å². The molecular formula is C17H15N3O3S. The Kier molecular flexibility index (Phi) is 4.49. The first-order valence-corrected chi connectivity index (χ1v) is 8.32. The Hall–Kier alpha value is -2.85. The molecule has 2 amide bonds. The molecule has 1 aliphatic heterocycles. The van der Waals surface area contributed by atoms with Crippen LogP contribution in [0.2, 0.25) is 0 Å². The van der Waals surface area contributed by atoms with Gasteiger partial charge in [0.05, 0.1) is 11.3 Å². The van der Waals surface area contributed by atoms with Gasteiger partial charge in [-0.2, -0.15) is 5.26 Å². The molecule has 0 fully saturated rings. The van der Waals surface area contributed by atoms with Crippen LogP contribution in [-0.4, -0.2) is 24.5 Å². The molecule has 1 aromatic heterocycles. The third kappa shape index (κ3) is 3.09. The second kappa shape index (κ2) is 6.72. The number of ether oxygens (including phenoxy) is 1. The fourth-order valence-corrected chi connectivity index (χ4v) is 3.24.